The van der Waals surface area contributed by atoms with Gasteiger partial charge in [-0.05, 0) is 32.1 Å². The van der Waals surface area contributed by atoms with Gasteiger partial charge in [0, 0.05) is 6.42 Å². The molecule has 0 bridgehead atoms. The molecule has 0 atom stereocenters. The van der Waals surface area contributed by atoms with E-state index in [1.165, 1.54) is 44.9 Å². The molecule has 4 heteroatoms. The topological polar surface area (TPSA) is 66.8 Å². The predicted molar refractivity (Wildman–Crippen MR) is 94.3 cm³/mol. The third-order valence-electron chi connectivity index (χ3n) is 3.85. The summed E-state index contributed by atoms with van der Waals surface area (Å²) >= 11 is 0. The molecule has 0 heterocycles. The van der Waals surface area contributed by atoms with Crippen molar-refractivity contribution in [1.29, 1.82) is 0 Å². The van der Waals surface area contributed by atoms with Crippen molar-refractivity contribution in [2.75, 3.05) is 13.2 Å². The number of esters is 1. The SMILES string of the molecule is CCCCCCC=CCCCCCCCC(=O)OC(CO)CO. The van der Waals surface area contributed by atoms with Crippen molar-refractivity contribution in [2.24, 2.45) is 0 Å². The number of carbonyl (C=O) groups is 1. The molecule has 0 aliphatic rings. The van der Waals surface area contributed by atoms with E-state index < -0.39 is 6.10 Å². The predicted octanol–water partition coefficient (Wildman–Crippen LogP) is 4.14. The van der Waals surface area contributed by atoms with Crippen molar-refractivity contribution in [3.8, 4) is 0 Å². The Balaban J connectivity index is 3.30. The van der Waals surface area contributed by atoms with Crippen LogP contribution < -0.4 is 0 Å². The van der Waals surface area contributed by atoms with Crippen LogP contribution in [0.15, 0.2) is 12.2 Å². The molecule has 0 aliphatic heterocycles. The Kier molecular flexibility index (Phi) is 16.8. The van der Waals surface area contributed by atoms with Gasteiger partial charge >= 0.3 is 5.97 Å². The molecule has 0 aliphatic carbocycles. The largest absolute Gasteiger partial charge is 0.457 e. The van der Waals surface area contributed by atoms with Gasteiger partial charge in [-0.25, -0.2) is 0 Å². The van der Waals surface area contributed by atoms with E-state index in [0.717, 1.165) is 25.7 Å². The van der Waals surface area contributed by atoms with Crippen LogP contribution >= 0.6 is 0 Å². The lowest BCUT2D eigenvalue weighted by atomic mass is 10.1. The number of hydrogen-bond acceptors (Lipinski definition) is 4. The molecule has 0 aromatic heterocycles. The van der Waals surface area contributed by atoms with E-state index in [1.807, 2.05) is 0 Å². The number of allylic oxidation sites excluding steroid dienone is 2. The van der Waals surface area contributed by atoms with Gasteiger partial charge in [0.15, 0.2) is 0 Å². The maximum atomic E-state index is 11.4. The first-order valence-electron chi connectivity index (χ1n) is 9.30. The van der Waals surface area contributed by atoms with Crippen molar-refractivity contribution >= 4 is 5.97 Å². The fourth-order valence-corrected chi connectivity index (χ4v) is 2.36. The lowest BCUT2D eigenvalue weighted by Crippen LogP contribution is -2.25. The Morgan fingerprint density at radius 2 is 1.39 bits per heavy atom. The summed E-state index contributed by atoms with van der Waals surface area (Å²) in [4.78, 5) is 11.4. The van der Waals surface area contributed by atoms with Crippen molar-refractivity contribution in [3.05, 3.63) is 12.2 Å². The number of hydrogen-bond donors (Lipinski definition) is 2. The molecule has 136 valence electrons. The summed E-state index contributed by atoms with van der Waals surface area (Å²) in [5.41, 5.74) is 0. The quantitative estimate of drug-likeness (QED) is 0.254. The molecule has 0 rings (SSSR count). The van der Waals surface area contributed by atoms with Gasteiger partial charge in [0.25, 0.3) is 0 Å². The summed E-state index contributed by atoms with van der Waals surface area (Å²) in [6.07, 6.45) is 17.3. The van der Waals surface area contributed by atoms with Crippen LogP contribution in [-0.4, -0.2) is 35.5 Å². The molecular formula is C19H36O4. The summed E-state index contributed by atoms with van der Waals surface area (Å²) in [6.45, 7) is 1.59. The lowest BCUT2D eigenvalue weighted by molar-refractivity contribution is -0.153. The molecule has 0 unspecified atom stereocenters. The smallest absolute Gasteiger partial charge is 0.306 e. The molecule has 0 aromatic carbocycles. The Labute approximate surface area is 141 Å². The molecule has 0 spiro atoms. The standard InChI is InChI=1S/C19H36O4/c1-2-3-4-5-6-7-8-9-10-11-12-13-14-15-19(22)23-18(16-20)17-21/h7-8,18,20-21H,2-6,9-17H2,1H3. The molecule has 23 heavy (non-hydrogen) atoms. The average molecular weight is 328 g/mol. The summed E-state index contributed by atoms with van der Waals surface area (Å²) in [7, 11) is 0. The molecule has 0 fully saturated rings. The first-order chi connectivity index (χ1) is 11.2. The van der Waals surface area contributed by atoms with Crippen LogP contribution in [0.2, 0.25) is 0 Å². The summed E-state index contributed by atoms with van der Waals surface area (Å²) in [5.74, 6) is -0.330. The number of ether oxygens (including phenoxy) is 1. The van der Waals surface area contributed by atoms with E-state index in [9.17, 15) is 4.79 Å². The van der Waals surface area contributed by atoms with E-state index in [4.69, 9.17) is 14.9 Å². The molecular weight excluding hydrogens is 292 g/mol. The summed E-state index contributed by atoms with van der Waals surface area (Å²) < 4.78 is 4.91. The highest BCUT2D eigenvalue weighted by Crippen LogP contribution is 2.09. The molecule has 4 nitrogen and oxygen atoms in total. The number of aliphatic hydroxyl groups is 2. The van der Waals surface area contributed by atoms with Crippen LogP contribution in [0, 0.1) is 0 Å². The van der Waals surface area contributed by atoms with Crippen molar-refractivity contribution in [3.63, 3.8) is 0 Å². The first-order valence-corrected chi connectivity index (χ1v) is 9.30. The number of unbranched alkanes of at least 4 members (excludes halogenated alkanes) is 9. The first kappa shape index (κ1) is 22.1. The number of carbonyl (C=O) groups excluding carboxylic acids is 1. The van der Waals surface area contributed by atoms with Crippen LogP contribution in [0.3, 0.4) is 0 Å². The van der Waals surface area contributed by atoms with E-state index >= 15 is 0 Å². The van der Waals surface area contributed by atoms with Crippen LogP contribution in [0.1, 0.15) is 84.0 Å². The minimum Gasteiger partial charge on any atom is -0.457 e. The maximum absolute atomic E-state index is 11.4. The fourth-order valence-electron chi connectivity index (χ4n) is 2.36. The highest BCUT2D eigenvalue weighted by Gasteiger charge is 2.11. The second-order valence-corrected chi connectivity index (χ2v) is 6.10. The van der Waals surface area contributed by atoms with Gasteiger partial charge in [-0.2, -0.15) is 0 Å². The van der Waals surface area contributed by atoms with Crippen LogP contribution in [-0.2, 0) is 9.53 Å². The second kappa shape index (κ2) is 17.5. The fraction of sp³-hybridized carbons (Fsp3) is 0.842. The van der Waals surface area contributed by atoms with Gasteiger partial charge < -0.3 is 14.9 Å². The van der Waals surface area contributed by atoms with Crippen LogP contribution in [0.4, 0.5) is 0 Å². The average Bonchev–Trinajstić information content (AvgIpc) is 2.56. The third kappa shape index (κ3) is 15.8. The zero-order chi connectivity index (χ0) is 17.2. The zero-order valence-corrected chi connectivity index (χ0v) is 14.8. The van der Waals surface area contributed by atoms with Crippen LogP contribution in [0.5, 0.6) is 0 Å². The summed E-state index contributed by atoms with van der Waals surface area (Å²) in [6, 6.07) is 0. The lowest BCUT2D eigenvalue weighted by Gasteiger charge is -2.12. The van der Waals surface area contributed by atoms with Crippen molar-refractivity contribution < 1.29 is 19.7 Å². The number of aliphatic hydroxyl groups excluding tert-OH is 2. The van der Waals surface area contributed by atoms with E-state index in [2.05, 4.69) is 19.1 Å². The van der Waals surface area contributed by atoms with E-state index in [1.54, 1.807) is 0 Å². The highest BCUT2D eigenvalue weighted by molar-refractivity contribution is 5.69. The maximum Gasteiger partial charge on any atom is 0.306 e. The van der Waals surface area contributed by atoms with Crippen molar-refractivity contribution in [2.45, 2.75) is 90.1 Å². The Bertz CT molecular complexity index is 285. The van der Waals surface area contributed by atoms with Crippen molar-refractivity contribution in [1.82, 2.24) is 0 Å². The monoisotopic (exact) mass is 328 g/mol. The highest BCUT2D eigenvalue weighted by atomic mass is 16.6. The van der Waals surface area contributed by atoms with Gasteiger partial charge in [-0.3, -0.25) is 4.79 Å². The second-order valence-electron chi connectivity index (χ2n) is 6.10. The molecule has 0 radical (unpaired) electrons. The molecule has 0 saturated carbocycles. The molecule has 0 aromatic rings. The van der Waals surface area contributed by atoms with E-state index in [0.29, 0.717) is 6.42 Å². The minimum absolute atomic E-state index is 0.325. The Morgan fingerprint density at radius 1 is 0.870 bits per heavy atom. The molecule has 0 amide bonds. The normalized spacial score (nSPS) is 11.5. The van der Waals surface area contributed by atoms with Gasteiger partial charge in [0.1, 0.15) is 6.10 Å². The van der Waals surface area contributed by atoms with Gasteiger partial charge in [0.05, 0.1) is 13.2 Å². The van der Waals surface area contributed by atoms with Crippen LogP contribution in [0.25, 0.3) is 0 Å². The van der Waals surface area contributed by atoms with Gasteiger partial charge in [-0.1, -0.05) is 57.6 Å². The Morgan fingerprint density at radius 3 is 1.96 bits per heavy atom. The molecule has 2 N–H and O–H groups in total. The number of rotatable bonds is 16. The molecule has 0 saturated heterocycles. The van der Waals surface area contributed by atoms with Gasteiger partial charge in [0.2, 0.25) is 0 Å². The summed E-state index contributed by atoms with van der Waals surface area (Å²) in [5, 5.41) is 17.6. The Hall–Kier alpha value is -0.870. The van der Waals surface area contributed by atoms with E-state index in [-0.39, 0.29) is 19.2 Å². The minimum atomic E-state index is -0.767. The third-order valence-corrected chi connectivity index (χ3v) is 3.85. The van der Waals surface area contributed by atoms with Gasteiger partial charge in [-0.15, -0.1) is 0 Å². The zero-order valence-electron chi connectivity index (χ0n) is 14.8.